The lowest BCUT2D eigenvalue weighted by Crippen LogP contribution is -2.59. The number of piperazine rings is 1. The summed E-state index contributed by atoms with van der Waals surface area (Å²) in [6, 6.07) is 0.759. The summed E-state index contributed by atoms with van der Waals surface area (Å²) in [4.78, 5) is 5.21. The molecule has 0 aliphatic carbocycles. The number of nitrogens with one attached hydrogen (secondary N) is 1. The third kappa shape index (κ3) is 3.09. The summed E-state index contributed by atoms with van der Waals surface area (Å²) in [5, 5.41) is 3.52. The van der Waals surface area contributed by atoms with Crippen molar-refractivity contribution in [2.24, 2.45) is 5.41 Å². The Balaban J connectivity index is 1.89. The molecule has 1 unspecified atom stereocenters. The van der Waals surface area contributed by atoms with Crippen molar-refractivity contribution in [2.75, 3.05) is 45.8 Å². The second kappa shape index (κ2) is 5.51. The molecule has 17 heavy (non-hydrogen) atoms. The Hall–Kier alpha value is -0.380. The monoisotopic (exact) mass is 237 g/mol. The molecule has 3 nitrogen and oxygen atoms in total. The molecule has 98 valence electrons. The predicted octanol–water partition coefficient (Wildman–Crippen LogP) is 1.18. The lowest BCUT2D eigenvalue weighted by atomic mass is 9.79. The smallest absolute Gasteiger partial charge is 0.0172 e. The molecule has 2 aliphatic rings. The molecule has 0 spiro atoms. The lowest BCUT2D eigenvalue weighted by molar-refractivity contribution is 0.0238. The van der Waals surface area contributed by atoms with E-state index in [1.54, 1.807) is 0 Å². The van der Waals surface area contributed by atoms with Crippen LogP contribution in [0.25, 0.3) is 0 Å². The molecule has 2 saturated heterocycles. The maximum absolute atomic E-state index is 3.82. The molecule has 2 fully saturated rings. The van der Waals surface area contributed by atoms with Crippen LogP contribution < -0.4 is 5.32 Å². The Morgan fingerprint density at radius 1 is 1.29 bits per heavy atom. The minimum Gasteiger partial charge on any atom is -0.316 e. The summed E-state index contributed by atoms with van der Waals surface area (Å²) in [7, 11) is 0. The summed E-state index contributed by atoms with van der Waals surface area (Å²) in [6.45, 7) is 16.9. The van der Waals surface area contributed by atoms with Gasteiger partial charge in [-0.05, 0) is 18.4 Å². The number of piperidine rings is 1. The van der Waals surface area contributed by atoms with E-state index in [9.17, 15) is 0 Å². The van der Waals surface area contributed by atoms with Crippen LogP contribution in [0.15, 0.2) is 12.7 Å². The molecule has 0 radical (unpaired) electrons. The first kappa shape index (κ1) is 13.1. The average Bonchev–Trinajstić information content (AvgIpc) is 2.30. The van der Waals surface area contributed by atoms with Crippen LogP contribution >= 0.6 is 0 Å². The van der Waals surface area contributed by atoms with Crippen molar-refractivity contribution in [2.45, 2.75) is 26.3 Å². The van der Waals surface area contributed by atoms with E-state index < -0.39 is 0 Å². The van der Waals surface area contributed by atoms with Crippen LogP contribution in [0.3, 0.4) is 0 Å². The number of hydrogen-bond acceptors (Lipinski definition) is 3. The molecule has 0 aromatic carbocycles. The molecule has 0 bridgehead atoms. The zero-order valence-electron chi connectivity index (χ0n) is 11.4. The Morgan fingerprint density at radius 2 is 2.00 bits per heavy atom. The van der Waals surface area contributed by atoms with Gasteiger partial charge in [0.2, 0.25) is 0 Å². The normalized spacial score (nSPS) is 31.3. The zero-order valence-corrected chi connectivity index (χ0v) is 11.4. The van der Waals surface area contributed by atoms with Crippen molar-refractivity contribution >= 4 is 0 Å². The van der Waals surface area contributed by atoms with Gasteiger partial charge in [-0.2, -0.15) is 0 Å². The van der Waals surface area contributed by atoms with Gasteiger partial charge in [-0.3, -0.25) is 9.80 Å². The average molecular weight is 237 g/mol. The Bertz CT molecular complexity index is 254. The van der Waals surface area contributed by atoms with Crippen LogP contribution in [0.1, 0.15) is 20.3 Å². The second-order valence-corrected chi connectivity index (χ2v) is 6.10. The van der Waals surface area contributed by atoms with E-state index in [0.717, 1.165) is 19.1 Å². The minimum atomic E-state index is 0.416. The van der Waals surface area contributed by atoms with Crippen LogP contribution in [0.4, 0.5) is 0 Å². The molecule has 0 saturated carbocycles. The van der Waals surface area contributed by atoms with Crippen LogP contribution in [0, 0.1) is 5.41 Å². The van der Waals surface area contributed by atoms with Gasteiger partial charge in [0.05, 0.1) is 0 Å². The van der Waals surface area contributed by atoms with E-state index in [1.807, 2.05) is 6.08 Å². The van der Waals surface area contributed by atoms with Crippen molar-refractivity contribution in [1.29, 1.82) is 0 Å². The van der Waals surface area contributed by atoms with Crippen LogP contribution in [-0.2, 0) is 0 Å². The summed E-state index contributed by atoms with van der Waals surface area (Å²) >= 11 is 0. The number of hydrogen-bond donors (Lipinski definition) is 1. The van der Waals surface area contributed by atoms with Crippen molar-refractivity contribution in [3.8, 4) is 0 Å². The van der Waals surface area contributed by atoms with Gasteiger partial charge in [-0.15, -0.1) is 6.58 Å². The quantitative estimate of drug-likeness (QED) is 0.744. The fourth-order valence-electron chi connectivity index (χ4n) is 3.27. The SMILES string of the molecule is C=CCN1CCN(C2CCNCC2(C)C)CC1. The molecule has 1 N–H and O–H groups in total. The molecular weight excluding hydrogens is 210 g/mol. The first-order valence-corrected chi connectivity index (χ1v) is 6.91. The maximum Gasteiger partial charge on any atom is 0.0172 e. The maximum atomic E-state index is 3.82. The third-order valence-corrected chi connectivity index (χ3v) is 4.31. The van der Waals surface area contributed by atoms with E-state index >= 15 is 0 Å². The first-order valence-electron chi connectivity index (χ1n) is 6.91. The molecule has 0 amide bonds. The molecule has 1 atom stereocenters. The van der Waals surface area contributed by atoms with E-state index in [4.69, 9.17) is 0 Å². The van der Waals surface area contributed by atoms with Gasteiger partial charge in [0.25, 0.3) is 0 Å². The molecule has 3 heteroatoms. The van der Waals surface area contributed by atoms with E-state index in [-0.39, 0.29) is 0 Å². The van der Waals surface area contributed by atoms with Gasteiger partial charge in [0, 0.05) is 45.3 Å². The predicted molar refractivity (Wildman–Crippen MR) is 73.3 cm³/mol. The Morgan fingerprint density at radius 3 is 2.59 bits per heavy atom. The fourth-order valence-corrected chi connectivity index (χ4v) is 3.27. The van der Waals surface area contributed by atoms with Gasteiger partial charge in [0.15, 0.2) is 0 Å². The standard InChI is InChI=1S/C14H27N3/c1-4-7-16-8-10-17(11-9-16)13-5-6-15-12-14(13,2)3/h4,13,15H,1,5-12H2,2-3H3. The van der Waals surface area contributed by atoms with Gasteiger partial charge in [-0.1, -0.05) is 19.9 Å². The van der Waals surface area contributed by atoms with Gasteiger partial charge < -0.3 is 5.32 Å². The van der Waals surface area contributed by atoms with Crippen LogP contribution in [-0.4, -0.2) is 61.7 Å². The lowest BCUT2D eigenvalue weighted by Gasteiger charge is -2.48. The summed E-state index contributed by atoms with van der Waals surface area (Å²) in [6.07, 6.45) is 3.32. The molecule has 2 rings (SSSR count). The van der Waals surface area contributed by atoms with E-state index in [1.165, 1.54) is 39.1 Å². The van der Waals surface area contributed by atoms with Crippen LogP contribution in [0.5, 0.6) is 0 Å². The summed E-state index contributed by atoms with van der Waals surface area (Å²) in [5.74, 6) is 0. The third-order valence-electron chi connectivity index (χ3n) is 4.31. The summed E-state index contributed by atoms with van der Waals surface area (Å²) in [5.41, 5.74) is 0.416. The van der Waals surface area contributed by atoms with Gasteiger partial charge in [0.1, 0.15) is 0 Å². The molecule has 2 aliphatic heterocycles. The fraction of sp³-hybridized carbons (Fsp3) is 0.857. The summed E-state index contributed by atoms with van der Waals surface area (Å²) < 4.78 is 0. The minimum absolute atomic E-state index is 0.416. The highest BCUT2D eigenvalue weighted by molar-refractivity contribution is 4.93. The van der Waals surface area contributed by atoms with Crippen molar-refractivity contribution in [3.05, 3.63) is 12.7 Å². The molecular formula is C14H27N3. The largest absolute Gasteiger partial charge is 0.316 e. The number of rotatable bonds is 3. The number of nitrogens with zero attached hydrogens (tertiary/aromatic N) is 2. The van der Waals surface area contributed by atoms with Crippen molar-refractivity contribution in [3.63, 3.8) is 0 Å². The van der Waals surface area contributed by atoms with Crippen molar-refractivity contribution in [1.82, 2.24) is 15.1 Å². The van der Waals surface area contributed by atoms with E-state index in [0.29, 0.717) is 5.41 Å². The highest BCUT2D eigenvalue weighted by Gasteiger charge is 2.37. The Kier molecular flexibility index (Phi) is 4.23. The second-order valence-electron chi connectivity index (χ2n) is 6.10. The molecule has 2 heterocycles. The van der Waals surface area contributed by atoms with Gasteiger partial charge in [-0.25, -0.2) is 0 Å². The van der Waals surface area contributed by atoms with Crippen LogP contribution in [0.2, 0.25) is 0 Å². The topological polar surface area (TPSA) is 18.5 Å². The van der Waals surface area contributed by atoms with E-state index in [2.05, 4.69) is 35.5 Å². The molecule has 0 aromatic heterocycles. The molecule has 0 aromatic rings. The highest BCUT2D eigenvalue weighted by Crippen LogP contribution is 2.30. The highest BCUT2D eigenvalue weighted by atomic mass is 15.3. The first-order chi connectivity index (χ1) is 8.13. The Labute approximate surface area is 106 Å². The zero-order chi connectivity index (χ0) is 12.3. The van der Waals surface area contributed by atoms with Gasteiger partial charge >= 0.3 is 0 Å². The van der Waals surface area contributed by atoms with Crippen molar-refractivity contribution < 1.29 is 0 Å².